The summed E-state index contributed by atoms with van der Waals surface area (Å²) in [6, 6.07) is 27.6. The van der Waals surface area contributed by atoms with Crippen molar-refractivity contribution in [1.82, 2.24) is 4.90 Å². The number of rotatable bonds is 7. The minimum atomic E-state index is 0.175. The molecule has 3 heteroatoms. The van der Waals surface area contributed by atoms with Crippen LogP contribution in [0.5, 0.6) is 11.5 Å². The van der Waals surface area contributed by atoms with E-state index in [9.17, 15) is 4.79 Å². The number of para-hydroxylation sites is 1. The lowest BCUT2D eigenvalue weighted by molar-refractivity contribution is 0.0966. The van der Waals surface area contributed by atoms with Crippen LogP contribution in [0.4, 0.5) is 0 Å². The fraction of sp³-hybridized carbons (Fsp3) is 0.192. The van der Waals surface area contributed by atoms with Gasteiger partial charge in [0.05, 0.1) is 0 Å². The molecule has 0 amide bonds. The third-order valence-corrected chi connectivity index (χ3v) is 5.25. The SMILES string of the molecule is O=C(CCN1CC=C(c2ccccc2)CC1)c1ccc(Oc2ccccc2)cc1. The lowest BCUT2D eigenvalue weighted by atomic mass is 9.99. The van der Waals surface area contributed by atoms with Gasteiger partial charge < -0.3 is 4.74 Å². The first kappa shape index (κ1) is 19.2. The molecule has 1 aliphatic rings. The van der Waals surface area contributed by atoms with E-state index in [4.69, 9.17) is 4.74 Å². The Balaban J connectivity index is 1.27. The summed E-state index contributed by atoms with van der Waals surface area (Å²) in [6.45, 7) is 2.69. The van der Waals surface area contributed by atoms with Crippen molar-refractivity contribution in [2.24, 2.45) is 0 Å². The second-order valence-corrected chi connectivity index (χ2v) is 7.26. The normalized spacial score (nSPS) is 14.3. The molecule has 0 unspecified atom stereocenters. The van der Waals surface area contributed by atoms with Gasteiger partial charge in [0.25, 0.3) is 0 Å². The summed E-state index contributed by atoms with van der Waals surface area (Å²) >= 11 is 0. The number of hydrogen-bond donors (Lipinski definition) is 0. The first-order valence-electron chi connectivity index (χ1n) is 10.1. The molecule has 29 heavy (non-hydrogen) atoms. The molecule has 0 bridgehead atoms. The van der Waals surface area contributed by atoms with Gasteiger partial charge in [-0.1, -0.05) is 54.6 Å². The van der Waals surface area contributed by atoms with Gasteiger partial charge in [-0.05, 0) is 54.0 Å². The van der Waals surface area contributed by atoms with E-state index in [0.29, 0.717) is 6.42 Å². The van der Waals surface area contributed by atoms with E-state index in [1.165, 1.54) is 11.1 Å². The Morgan fingerprint density at radius 1 is 0.828 bits per heavy atom. The largest absolute Gasteiger partial charge is 0.457 e. The molecule has 0 aliphatic carbocycles. The highest BCUT2D eigenvalue weighted by Gasteiger charge is 2.14. The van der Waals surface area contributed by atoms with Gasteiger partial charge in [-0.15, -0.1) is 0 Å². The van der Waals surface area contributed by atoms with Crippen molar-refractivity contribution < 1.29 is 9.53 Å². The second kappa shape index (κ2) is 9.35. The fourth-order valence-corrected chi connectivity index (χ4v) is 3.57. The Morgan fingerprint density at radius 2 is 1.48 bits per heavy atom. The third-order valence-electron chi connectivity index (χ3n) is 5.25. The molecular formula is C26H25NO2. The topological polar surface area (TPSA) is 29.5 Å². The van der Waals surface area contributed by atoms with E-state index in [1.807, 2.05) is 60.7 Å². The Labute approximate surface area is 172 Å². The van der Waals surface area contributed by atoms with Gasteiger partial charge in [0.15, 0.2) is 5.78 Å². The second-order valence-electron chi connectivity index (χ2n) is 7.26. The van der Waals surface area contributed by atoms with Gasteiger partial charge in [-0.2, -0.15) is 0 Å². The first-order chi connectivity index (χ1) is 14.3. The van der Waals surface area contributed by atoms with Crippen molar-refractivity contribution in [2.45, 2.75) is 12.8 Å². The quantitative estimate of drug-likeness (QED) is 0.480. The summed E-state index contributed by atoms with van der Waals surface area (Å²) < 4.78 is 5.79. The zero-order valence-electron chi connectivity index (χ0n) is 16.5. The molecule has 4 rings (SSSR count). The molecule has 0 N–H and O–H groups in total. The summed E-state index contributed by atoms with van der Waals surface area (Å²) in [4.78, 5) is 14.9. The number of hydrogen-bond acceptors (Lipinski definition) is 3. The lowest BCUT2D eigenvalue weighted by Gasteiger charge is -2.26. The highest BCUT2D eigenvalue weighted by molar-refractivity contribution is 5.96. The summed E-state index contributed by atoms with van der Waals surface area (Å²) in [7, 11) is 0. The monoisotopic (exact) mass is 383 g/mol. The molecule has 0 saturated heterocycles. The van der Waals surface area contributed by atoms with Gasteiger partial charge in [-0.3, -0.25) is 9.69 Å². The first-order valence-corrected chi connectivity index (χ1v) is 10.1. The number of nitrogens with zero attached hydrogens (tertiary/aromatic N) is 1. The molecule has 3 aromatic carbocycles. The zero-order chi connectivity index (χ0) is 19.9. The summed E-state index contributed by atoms with van der Waals surface area (Å²) in [5.74, 6) is 1.70. The molecule has 146 valence electrons. The van der Waals surface area contributed by atoms with Gasteiger partial charge in [-0.25, -0.2) is 0 Å². The summed E-state index contributed by atoms with van der Waals surface area (Å²) in [6.07, 6.45) is 3.86. The van der Waals surface area contributed by atoms with Crippen LogP contribution in [0.1, 0.15) is 28.8 Å². The molecule has 0 saturated carbocycles. The van der Waals surface area contributed by atoms with Crippen LogP contribution in [0.2, 0.25) is 0 Å². The Hall–Kier alpha value is -3.17. The van der Waals surface area contributed by atoms with Crippen molar-refractivity contribution in [3.05, 3.63) is 102 Å². The number of Topliss-reactive ketones (excluding diaryl/α,β-unsaturated/α-hetero) is 1. The molecule has 1 heterocycles. The average Bonchev–Trinajstić information content (AvgIpc) is 2.80. The van der Waals surface area contributed by atoms with E-state index in [2.05, 4.69) is 35.2 Å². The van der Waals surface area contributed by atoms with Crippen LogP contribution in [0.15, 0.2) is 91.0 Å². The molecule has 3 aromatic rings. The van der Waals surface area contributed by atoms with Crippen molar-refractivity contribution >= 4 is 11.4 Å². The molecule has 0 atom stereocenters. The van der Waals surface area contributed by atoms with Crippen molar-refractivity contribution in [1.29, 1.82) is 0 Å². The molecule has 1 aliphatic heterocycles. The standard InChI is InChI=1S/C26H25NO2/c28-26(23-11-13-25(14-12-23)29-24-9-5-2-6-10-24)17-20-27-18-15-22(16-19-27)21-7-3-1-4-8-21/h1-15H,16-20H2. The highest BCUT2D eigenvalue weighted by atomic mass is 16.5. The fourth-order valence-electron chi connectivity index (χ4n) is 3.57. The molecule has 0 spiro atoms. The molecular weight excluding hydrogens is 358 g/mol. The molecule has 3 nitrogen and oxygen atoms in total. The van der Waals surface area contributed by atoms with Crippen LogP contribution >= 0.6 is 0 Å². The Bertz CT molecular complexity index is 963. The van der Waals surface area contributed by atoms with E-state index in [-0.39, 0.29) is 5.78 Å². The summed E-state index contributed by atoms with van der Waals surface area (Å²) in [5.41, 5.74) is 3.45. The number of ketones is 1. The van der Waals surface area contributed by atoms with E-state index >= 15 is 0 Å². The van der Waals surface area contributed by atoms with Gasteiger partial charge in [0.1, 0.15) is 11.5 Å². The molecule has 0 fully saturated rings. The van der Waals surface area contributed by atoms with Gasteiger partial charge in [0.2, 0.25) is 0 Å². The minimum absolute atomic E-state index is 0.175. The maximum atomic E-state index is 12.6. The van der Waals surface area contributed by atoms with Crippen molar-refractivity contribution in [3.8, 4) is 11.5 Å². The highest BCUT2D eigenvalue weighted by Crippen LogP contribution is 2.23. The van der Waals surface area contributed by atoms with Crippen LogP contribution in [0.25, 0.3) is 5.57 Å². The van der Waals surface area contributed by atoms with Crippen LogP contribution < -0.4 is 4.74 Å². The Kier molecular flexibility index (Phi) is 6.18. The van der Waals surface area contributed by atoms with Crippen LogP contribution in [-0.2, 0) is 0 Å². The molecule has 0 radical (unpaired) electrons. The van der Waals surface area contributed by atoms with Gasteiger partial charge >= 0.3 is 0 Å². The van der Waals surface area contributed by atoms with Crippen LogP contribution in [0, 0.1) is 0 Å². The number of ether oxygens (including phenoxy) is 1. The van der Waals surface area contributed by atoms with Crippen molar-refractivity contribution in [2.75, 3.05) is 19.6 Å². The zero-order valence-corrected chi connectivity index (χ0v) is 16.5. The summed E-state index contributed by atoms with van der Waals surface area (Å²) in [5, 5.41) is 0. The minimum Gasteiger partial charge on any atom is -0.457 e. The Morgan fingerprint density at radius 3 is 2.14 bits per heavy atom. The van der Waals surface area contributed by atoms with E-state index < -0.39 is 0 Å². The van der Waals surface area contributed by atoms with E-state index in [1.54, 1.807) is 0 Å². The van der Waals surface area contributed by atoms with Crippen LogP contribution in [-0.4, -0.2) is 30.3 Å². The predicted octanol–water partition coefficient (Wildman–Crippen LogP) is 5.84. The number of carbonyl (C=O) groups is 1. The third kappa shape index (κ3) is 5.21. The number of benzene rings is 3. The lowest BCUT2D eigenvalue weighted by Crippen LogP contribution is -2.30. The van der Waals surface area contributed by atoms with Crippen LogP contribution in [0.3, 0.4) is 0 Å². The maximum absolute atomic E-state index is 12.6. The molecule has 0 aromatic heterocycles. The van der Waals surface area contributed by atoms with E-state index in [0.717, 1.165) is 43.1 Å². The van der Waals surface area contributed by atoms with Crippen molar-refractivity contribution in [3.63, 3.8) is 0 Å². The number of carbonyl (C=O) groups excluding carboxylic acids is 1. The van der Waals surface area contributed by atoms with Gasteiger partial charge in [0, 0.05) is 31.6 Å². The maximum Gasteiger partial charge on any atom is 0.164 e. The predicted molar refractivity (Wildman–Crippen MR) is 117 cm³/mol. The average molecular weight is 383 g/mol. The smallest absolute Gasteiger partial charge is 0.164 e.